The van der Waals surface area contributed by atoms with Crippen molar-refractivity contribution in [3.05, 3.63) is 42.0 Å². The third kappa shape index (κ3) is 5.85. The van der Waals surface area contributed by atoms with E-state index in [1.54, 1.807) is 12.1 Å². The van der Waals surface area contributed by atoms with Gasteiger partial charge in [0.1, 0.15) is 0 Å². The van der Waals surface area contributed by atoms with E-state index in [-0.39, 0.29) is 0 Å². The fourth-order valence-corrected chi connectivity index (χ4v) is 1.43. The molecule has 4 heteroatoms. The highest BCUT2D eigenvalue weighted by molar-refractivity contribution is 5.88. The molecule has 19 heavy (non-hydrogen) atoms. The smallest absolute Gasteiger partial charge is 0.373 e. The lowest BCUT2D eigenvalue weighted by Gasteiger charge is -2.06. The van der Waals surface area contributed by atoms with Crippen molar-refractivity contribution >= 4 is 5.97 Å². The summed E-state index contributed by atoms with van der Waals surface area (Å²) in [6.45, 7) is 8.49. The summed E-state index contributed by atoms with van der Waals surface area (Å²) in [6.07, 6.45) is 0.940. The van der Waals surface area contributed by atoms with Gasteiger partial charge in [-0.3, -0.25) is 4.89 Å². The Morgan fingerprint density at radius 1 is 1.26 bits per heavy atom. The van der Waals surface area contributed by atoms with Crippen molar-refractivity contribution in [2.24, 2.45) is 0 Å². The number of benzene rings is 1. The molecule has 0 bridgehead atoms. The number of carbonyl (C=O) groups excluding carboxylic acids is 1. The van der Waals surface area contributed by atoms with Crippen LogP contribution in [0.25, 0.3) is 0 Å². The van der Waals surface area contributed by atoms with Gasteiger partial charge in [-0.05, 0) is 30.0 Å². The van der Waals surface area contributed by atoms with Crippen molar-refractivity contribution in [3.63, 3.8) is 0 Å². The Balaban J connectivity index is 2.29. The summed E-state index contributed by atoms with van der Waals surface area (Å²) in [5.74, 6) is -0.0765. The second-order valence-corrected chi connectivity index (χ2v) is 4.49. The Morgan fingerprint density at radius 3 is 2.53 bits per heavy atom. The quantitative estimate of drug-likeness (QED) is 0.410. The third-order valence-corrected chi connectivity index (χ3v) is 2.54. The largest absolute Gasteiger partial charge is 0.378 e. The van der Waals surface area contributed by atoms with Crippen LogP contribution in [0.4, 0.5) is 0 Å². The second-order valence-electron chi connectivity index (χ2n) is 4.49. The van der Waals surface area contributed by atoms with Crippen LogP contribution in [-0.2, 0) is 14.5 Å². The highest BCUT2D eigenvalue weighted by Gasteiger charge is 2.09. The molecular formula is C15H21O4. The minimum Gasteiger partial charge on any atom is -0.378 e. The van der Waals surface area contributed by atoms with Gasteiger partial charge in [0.25, 0.3) is 0 Å². The maximum Gasteiger partial charge on any atom is 0.373 e. The standard InChI is InChI=1S/C15H21O4/c1-4-9-17-10-11-18-19-15(16)14-7-5-13(6-8-14)12(2)3/h5-8,11-12H,4,9-10H2,1-3H3. The lowest BCUT2D eigenvalue weighted by Crippen LogP contribution is -2.07. The van der Waals surface area contributed by atoms with Crippen LogP contribution in [0.3, 0.4) is 0 Å². The molecule has 1 aromatic carbocycles. The Labute approximate surface area is 114 Å². The SMILES string of the molecule is CCCOC[CH]OOC(=O)c1ccc(C(C)C)cc1. The minimum absolute atomic E-state index is 0.299. The Bertz CT molecular complexity index is 370. The van der Waals surface area contributed by atoms with Gasteiger partial charge in [-0.1, -0.05) is 32.9 Å². The Hall–Kier alpha value is -1.39. The summed E-state index contributed by atoms with van der Waals surface area (Å²) in [5, 5.41) is 0. The van der Waals surface area contributed by atoms with Gasteiger partial charge in [-0.15, -0.1) is 0 Å². The molecule has 0 aliphatic rings. The normalized spacial score (nSPS) is 10.7. The number of rotatable bonds is 8. The predicted molar refractivity (Wildman–Crippen MR) is 72.4 cm³/mol. The molecule has 1 rings (SSSR count). The zero-order valence-electron chi connectivity index (χ0n) is 11.7. The first-order valence-electron chi connectivity index (χ1n) is 6.52. The first kappa shape index (κ1) is 15.7. The van der Waals surface area contributed by atoms with Gasteiger partial charge in [0, 0.05) is 6.61 Å². The van der Waals surface area contributed by atoms with Crippen molar-refractivity contribution in [1.82, 2.24) is 0 Å². The van der Waals surface area contributed by atoms with E-state index < -0.39 is 5.97 Å². The van der Waals surface area contributed by atoms with Crippen molar-refractivity contribution in [2.45, 2.75) is 33.1 Å². The number of hydrogen-bond acceptors (Lipinski definition) is 4. The summed E-state index contributed by atoms with van der Waals surface area (Å²) in [4.78, 5) is 20.9. The van der Waals surface area contributed by atoms with E-state index >= 15 is 0 Å². The number of ether oxygens (including phenoxy) is 1. The summed E-state index contributed by atoms with van der Waals surface area (Å²) in [5.41, 5.74) is 1.64. The van der Waals surface area contributed by atoms with Crippen molar-refractivity contribution in [3.8, 4) is 0 Å². The average Bonchev–Trinajstić information content (AvgIpc) is 2.42. The molecule has 0 unspecified atom stereocenters. The van der Waals surface area contributed by atoms with Gasteiger partial charge in [0.05, 0.1) is 12.2 Å². The highest BCUT2D eigenvalue weighted by atomic mass is 17.2. The van der Waals surface area contributed by atoms with Crippen LogP contribution in [0, 0.1) is 6.61 Å². The van der Waals surface area contributed by atoms with E-state index in [0.717, 1.165) is 6.42 Å². The van der Waals surface area contributed by atoms with Crippen LogP contribution in [0.2, 0.25) is 0 Å². The molecule has 1 aromatic rings. The summed E-state index contributed by atoms with van der Waals surface area (Å²) in [7, 11) is 0. The molecule has 0 saturated heterocycles. The first-order chi connectivity index (χ1) is 9.15. The van der Waals surface area contributed by atoms with Crippen LogP contribution in [0.1, 0.15) is 49.0 Å². The second kappa shape index (κ2) is 8.67. The molecule has 0 heterocycles. The summed E-state index contributed by atoms with van der Waals surface area (Å²) in [6, 6.07) is 7.29. The Morgan fingerprint density at radius 2 is 1.95 bits per heavy atom. The van der Waals surface area contributed by atoms with E-state index in [9.17, 15) is 4.79 Å². The molecule has 0 spiro atoms. The molecular weight excluding hydrogens is 244 g/mol. The van der Waals surface area contributed by atoms with Crippen LogP contribution >= 0.6 is 0 Å². The van der Waals surface area contributed by atoms with Gasteiger partial charge in [0.15, 0.2) is 6.61 Å². The number of hydrogen-bond donors (Lipinski definition) is 0. The third-order valence-electron chi connectivity index (χ3n) is 2.54. The topological polar surface area (TPSA) is 44.8 Å². The molecule has 0 N–H and O–H groups in total. The molecule has 0 fully saturated rings. The summed E-state index contributed by atoms with van der Waals surface area (Å²) < 4.78 is 5.14. The molecule has 0 aliphatic carbocycles. The molecule has 1 radical (unpaired) electrons. The fraction of sp³-hybridized carbons (Fsp3) is 0.467. The molecule has 0 saturated carbocycles. The van der Waals surface area contributed by atoms with Crippen LogP contribution in [0.5, 0.6) is 0 Å². The monoisotopic (exact) mass is 265 g/mol. The van der Waals surface area contributed by atoms with E-state index in [1.165, 1.54) is 12.2 Å². The molecule has 0 amide bonds. The minimum atomic E-state index is -0.512. The molecule has 0 aliphatic heterocycles. The molecule has 105 valence electrons. The van der Waals surface area contributed by atoms with Crippen LogP contribution in [0.15, 0.2) is 24.3 Å². The van der Waals surface area contributed by atoms with Crippen LogP contribution in [-0.4, -0.2) is 19.2 Å². The zero-order valence-corrected chi connectivity index (χ0v) is 11.7. The van der Waals surface area contributed by atoms with Crippen molar-refractivity contribution in [2.75, 3.05) is 13.2 Å². The van der Waals surface area contributed by atoms with Crippen LogP contribution < -0.4 is 0 Å². The maximum absolute atomic E-state index is 11.6. The summed E-state index contributed by atoms with van der Waals surface area (Å²) >= 11 is 0. The van der Waals surface area contributed by atoms with Crippen molar-refractivity contribution < 1.29 is 19.3 Å². The highest BCUT2D eigenvalue weighted by Crippen LogP contribution is 2.15. The molecule has 4 nitrogen and oxygen atoms in total. The maximum atomic E-state index is 11.6. The van der Waals surface area contributed by atoms with E-state index in [0.29, 0.717) is 24.7 Å². The Kier molecular flexibility index (Phi) is 7.15. The van der Waals surface area contributed by atoms with Gasteiger partial charge >= 0.3 is 5.97 Å². The fourth-order valence-electron chi connectivity index (χ4n) is 1.43. The van der Waals surface area contributed by atoms with E-state index in [2.05, 4.69) is 23.6 Å². The molecule has 0 atom stereocenters. The molecule has 0 aromatic heterocycles. The van der Waals surface area contributed by atoms with Gasteiger partial charge in [-0.25, -0.2) is 4.79 Å². The predicted octanol–water partition coefficient (Wildman–Crippen LogP) is 3.49. The number of carbonyl (C=O) groups is 1. The first-order valence-corrected chi connectivity index (χ1v) is 6.52. The lowest BCUT2D eigenvalue weighted by molar-refractivity contribution is -0.218. The average molecular weight is 265 g/mol. The van der Waals surface area contributed by atoms with Gasteiger partial charge in [-0.2, -0.15) is 4.89 Å². The zero-order chi connectivity index (χ0) is 14.1. The lowest BCUT2D eigenvalue weighted by atomic mass is 10.0. The van der Waals surface area contributed by atoms with E-state index in [1.807, 2.05) is 19.1 Å². The van der Waals surface area contributed by atoms with Crippen molar-refractivity contribution in [1.29, 1.82) is 0 Å². The van der Waals surface area contributed by atoms with E-state index in [4.69, 9.17) is 4.74 Å². The van der Waals surface area contributed by atoms with Gasteiger partial charge in [0.2, 0.25) is 0 Å². The van der Waals surface area contributed by atoms with Gasteiger partial charge < -0.3 is 4.74 Å².